The maximum atomic E-state index is 5.11. The van der Waals surface area contributed by atoms with E-state index >= 15 is 0 Å². The molecule has 0 aromatic rings. The van der Waals surface area contributed by atoms with Crippen molar-refractivity contribution < 1.29 is 4.84 Å². The fourth-order valence-electron chi connectivity index (χ4n) is 0.442. The number of nitrogens with one attached hydrogen (secondary N) is 1. The van der Waals surface area contributed by atoms with Crippen LogP contribution in [0.3, 0.4) is 0 Å². The summed E-state index contributed by atoms with van der Waals surface area (Å²) in [6.45, 7) is 10.3. The molecule has 0 bridgehead atoms. The number of rotatable bonds is 4. The van der Waals surface area contributed by atoms with E-state index in [1.807, 2.05) is 0 Å². The molecule has 0 unspecified atom stereocenters. The van der Waals surface area contributed by atoms with Gasteiger partial charge in [-0.05, 0) is 11.8 Å². The Kier molecular flexibility index (Phi) is 4.65. The van der Waals surface area contributed by atoms with Gasteiger partial charge in [0, 0.05) is 6.54 Å². The SMILES string of the molecule is CCCONCC(C)(C)C. The van der Waals surface area contributed by atoms with Gasteiger partial charge in [0.2, 0.25) is 0 Å². The van der Waals surface area contributed by atoms with Crippen LogP contribution >= 0.6 is 0 Å². The Bertz CT molecular complexity index is 75.8. The molecule has 0 fully saturated rings. The minimum absolute atomic E-state index is 0.313. The lowest BCUT2D eigenvalue weighted by Crippen LogP contribution is -2.27. The van der Waals surface area contributed by atoms with Crippen molar-refractivity contribution in [2.24, 2.45) is 5.41 Å². The van der Waals surface area contributed by atoms with E-state index in [-0.39, 0.29) is 0 Å². The van der Waals surface area contributed by atoms with Crippen LogP contribution < -0.4 is 5.48 Å². The number of hydroxylamine groups is 1. The lowest BCUT2D eigenvalue weighted by atomic mass is 9.98. The Morgan fingerprint density at radius 3 is 2.30 bits per heavy atom. The van der Waals surface area contributed by atoms with Gasteiger partial charge >= 0.3 is 0 Å². The zero-order chi connectivity index (χ0) is 8.04. The number of hydrogen-bond donors (Lipinski definition) is 1. The largest absolute Gasteiger partial charge is 0.302 e. The molecule has 2 heteroatoms. The summed E-state index contributed by atoms with van der Waals surface area (Å²) in [5.74, 6) is 0. The number of hydrogen-bond acceptors (Lipinski definition) is 2. The van der Waals surface area contributed by atoms with Gasteiger partial charge in [-0.3, -0.25) is 0 Å². The molecular weight excluding hydrogens is 126 g/mol. The Balaban J connectivity index is 3.04. The molecule has 2 nitrogen and oxygen atoms in total. The first-order valence-electron chi connectivity index (χ1n) is 3.91. The average Bonchev–Trinajstić information content (AvgIpc) is 1.78. The minimum Gasteiger partial charge on any atom is -0.302 e. The molecule has 0 spiro atoms. The standard InChI is InChI=1S/C8H19NO/c1-5-6-10-9-7-8(2,3)4/h9H,5-7H2,1-4H3. The van der Waals surface area contributed by atoms with Crippen molar-refractivity contribution in [2.75, 3.05) is 13.2 Å². The molecular formula is C8H19NO. The third-order valence-electron chi connectivity index (χ3n) is 1.01. The molecule has 0 saturated carbocycles. The van der Waals surface area contributed by atoms with Gasteiger partial charge in [-0.2, -0.15) is 0 Å². The monoisotopic (exact) mass is 145 g/mol. The Labute approximate surface area is 63.9 Å². The maximum Gasteiger partial charge on any atom is 0.0679 e. The van der Waals surface area contributed by atoms with Crippen molar-refractivity contribution in [3.8, 4) is 0 Å². The average molecular weight is 145 g/mol. The maximum absolute atomic E-state index is 5.11. The highest BCUT2D eigenvalue weighted by Crippen LogP contribution is 2.09. The van der Waals surface area contributed by atoms with E-state index in [1.54, 1.807) is 0 Å². The third kappa shape index (κ3) is 7.92. The van der Waals surface area contributed by atoms with Crippen LogP contribution in [0.5, 0.6) is 0 Å². The summed E-state index contributed by atoms with van der Waals surface area (Å²) >= 11 is 0. The minimum atomic E-state index is 0.313. The molecule has 0 amide bonds. The van der Waals surface area contributed by atoms with Crippen LogP contribution in [-0.4, -0.2) is 13.2 Å². The predicted octanol–water partition coefficient (Wildman–Crippen LogP) is 1.96. The smallest absolute Gasteiger partial charge is 0.0679 e. The van der Waals surface area contributed by atoms with Gasteiger partial charge in [0.05, 0.1) is 6.61 Å². The van der Waals surface area contributed by atoms with Gasteiger partial charge in [0.25, 0.3) is 0 Å². The van der Waals surface area contributed by atoms with Gasteiger partial charge in [0.15, 0.2) is 0 Å². The van der Waals surface area contributed by atoms with Crippen LogP contribution in [-0.2, 0) is 4.84 Å². The molecule has 0 atom stereocenters. The van der Waals surface area contributed by atoms with Gasteiger partial charge < -0.3 is 4.84 Å². The Hall–Kier alpha value is -0.0800. The zero-order valence-electron chi connectivity index (χ0n) is 7.53. The third-order valence-corrected chi connectivity index (χ3v) is 1.01. The van der Waals surface area contributed by atoms with Crippen molar-refractivity contribution in [1.29, 1.82) is 0 Å². The summed E-state index contributed by atoms with van der Waals surface area (Å²) in [5.41, 5.74) is 3.24. The summed E-state index contributed by atoms with van der Waals surface area (Å²) in [4.78, 5) is 5.11. The van der Waals surface area contributed by atoms with Gasteiger partial charge in [0.1, 0.15) is 0 Å². The first-order valence-corrected chi connectivity index (χ1v) is 3.91. The molecule has 0 rings (SSSR count). The summed E-state index contributed by atoms with van der Waals surface area (Å²) in [6.07, 6.45) is 1.07. The first-order chi connectivity index (χ1) is 4.56. The van der Waals surface area contributed by atoms with E-state index in [0.717, 1.165) is 19.6 Å². The second-order valence-corrected chi connectivity index (χ2v) is 3.73. The zero-order valence-corrected chi connectivity index (χ0v) is 7.53. The van der Waals surface area contributed by atoms with E-state index in [1.165, 1.54) is 0 Å². The van der Waals surface area contributed by atoms with E-state index in [0.29, 0.717) is 5.41 Å². The van der Waals surface area contributed by atoms with Crippen molar-refractivity contribution >= 4 is 0 Å². The summed E-state index contributed by atoms with van der Waals surface area (Å²) in [6, 6.07) is 0. The molecule has 0 heterocycles. The van der Waals surface area contributed by atoms with Crippen LogP contribution in [0.15, 0.2) is 0 Å². The summed E-state index contributed by atoms with van der Waals surface area (Å²) < 4.78 is 0. The van der Waals surface area contributed by atoms with Crippen molar-refractivity contribution in [3.05, 3.63) is 0 Å². The van der Waals surface area contributed by atoms with Gasteiger partial charge in [-0.25, -0.2) is 5.48 Å². The molecule has 0 aliphatic carbocycles. The second kappa shape index (κ2) is 4.69. The normalized spacial score (nSPS) is 12.0. The van der Waals surface area contributed by atoms with Crippen molar-refractivity contribution in [3.63, 3.8) is 0 Å². The molecule has 62 valence electrons. The quantitative estimate of drug-likeness (QED) is 0.482. The van der Waals surface area contributed by atoms with Crippen LogP contribution in [0.1, 0.15) is 34.1 Å². The summed E-state index contributed by atoms with van der Waals surface area (Å²) in [5, 5.41) is 0. The molecule has 1 N–H and O–H groups in total. The van der Waals surface area contributed by atoms with Crippen molar-refractivity contribution in [1.82, 2.24) is 5.48 Å². The fourth-order valence-corrected chi connectivity index (χ4v) is 0.442. The molecule has 0 aromatic carbocycles. The molecule has 0 aliphatic heterocycles. The topological polar surface area (TPSA) is 21.3 Å². The van der Waals surface area contributed by atoms with Crippen LogP contribution in [0.25, 0.3) is 0 Å². The van der Waals surface area contributed by atoms with Gasteiger partial charge in [-0.1, -0.05) is 27.7 Å². The lowest BCUT2D eigenvalue weighted by molar-refractivity contribution is 0.0244. The van der Waals surface area contributed by atoms with E-state index < -0.39 is 0 Å². The highest BCUT2D eigenvalue weighted by atomic mass is 16.6. The predicted molar refractivity (Wildman–Crippen MR) is 43.7 cm³/mol. The summed E-state index contributed by atoms with van der Waals surface area (Å²) in [7, 11) is 0. The van der Waals surface area contributed by atoms with E-state index in [9.17, 15) is 0 Å². The molecule has 10 heavy (non-hydrogen) atoms. The van der Waals surface area contributed by atoms with Crippen molar-refractivity contribution in [2.45, 2.75) is 34.1 Å². The second-order valence-electron chi connectivity index (χ2n) is 3.73. The van der Waals surface area contributed by atoms with Crippen LogP contribution in [0.4, 0.5) is 0 Å². The van der Waals surface area contributed by atoms with Crippen LogP contribution in [0.2, 0.25) is 0 Å². The molecule has 0 radical (unpaired) electrons. The molecule has 0 aliphatic rings. The molecule has 0 aromatic heterocycles. The highest BCUT2D eigenvalue weighted by Gasteiger charge is 2.08. The Morgan fingerprint density at radius 1 is 1.30 bits per heavy atom. The van der Waals surface area contributed by atoms with Gasteiger partial charge in [-0.15, -0.1) is 0 Å². The van der Waals surface area contributed by atoms with E-state index in [2.05, 4.69) is 33.2 Å². The first kappa shape index (κ1) is 9.92. The fraction of sp³-hybridized carbons (Fsp3) is 1.00. The van der Waals surface area contributed by atoms with Crippen LogP contribution in [0, 0.1) is 5.41 Å². The molecule has 0 saturated heterocycles. The Morgan fingerprint density at radius 2 is 1.90 bits per heavy atom. The highest BCUT2D eigenvalue weighted by molar-refractivity contribution is 4.60. The lowest BCUT2D eigenvalue weighted by Gasteiger charge is -2.18. The van der Waals surface area contributed by atoms with E-state index in [4.69, 9.17) is 4.84 Å².